The van der Waals surface area contributed by atoms with Gasteiger partial charge >= 0.3 is 0 Å². The molecule has 5 heteroatoms. The van der Waals surface area contributed by atoms with Gasteiger partial charge in [0.05, 0.1) is 6.04 Å². The van der Waals surface area contributed by atoms with Gasteiger partial charge in [-0.05, 0) is 30.7 Å². The zero-order valence-electron chi connectivity index (χ0n) is 9.18. The molecule has 1 rings (SSSR count). The van der Waals surface area contributed by atoms with Gasteiger partial charge < -0.3 is 10.6 Å². The number of rotatable bonds is 4. The first kappa shape index (κ1) is 13.5. The molecule has 0 spiro atoms. The maximum atomic E-state index is 11.3. The molecule has 0 heterocycles. The molecule has 0 aliphatic heterocycles. The van der Waals surface area contributed by atoms with Crippen molar-refractivity contribution in [2.75, 3.05) is 7.05 Å². The lowest BCUT2D eigenvalue weighted by atomic mass is 10.2. The molecule has 0 saturated carbocycles. The molecule has 2 N–H and O–H groups in total. The predicted octanol–water partition coefficient (Wildman–Crippen LogP) is 2.33. The maximum absolute atomic E-state index is 11.3. The van der Waals surface area contributed by atoms with Crippen LogP contribution in [0.15, 0.2) is 22.7 Å². The third-order valence-electron chi connectivity index (χ3n) is 2.25. The van der Waals surface area contributed by atoms with Crippen LogP contribution in [0.2, 0.25) is 5.02 Å². The first-order valence-corrected chi connectivity index (χ1v) is 6.10. The Hall–Kier alpha value is -0.580. The maximum Gasteiger partial charge on any atom is 0.236 e. The highest BCUT2D eigenvalue weighted by molar-refractivity contribution is 9.10. The highest BCUT2D eigenvalue weighted by Crippen LogP contribution is 2.20. The largest absolute Gasteiger partial charge is 0.358 e. The quantitative estimate of drug-likeness (QED) is 0.896. The number of hydrogen-bond acceptors (Lipinski definition) is 2. The number of carbonyl (C=O) groups excluding carboxylic acids is 1. The van der Waals surface area contributed by atoms with E-state index in [0.29, 0.717) is 11.6 Å². The Morgan fingerprint density at radius 3 is 2.88 bits per heavy atom. The zero-order chi connectivity index (χ0) is 12.1. The summed E-state index contributed by atoms with van der Waals surface area (Å²) >= 11 is 9.41. The van der Waals surface area contributed by atoms with E-state index in [0.717, 1.165) is 10.0 Å². The smallest absolute Gasteiger partial charge is 0.236 e. The van der Waals surface area contributed by atoms with E-state index in [4.69, 9.17) is 11.6 Å². The summed E-state index contributed by atoms with van der Waals surface area (Å²) in [5, 5.41) is 6.38. The third-order valence-corrected chi connectivity index (χ3v) is 3.11. The molecule has 1 aromatic carbocycles. The monoisotopic (exact) mass is 304 g/mol. The van der Waals surface area contributed by atoms with Crippen LogP contribution in [-0.2, 0) is 11.3 Å². The van der Waals surface area contributed by atoms with Gasteiger partial charge in [0.2, 0.25) is 5.91 Å². The van der Waals surface area contributed by atoms with Crippen molar-refractivity contribution in [1.29, 1.82) is 0 Å². The van der Waals surface area contributed by atoms with Crippen LogP contribution in [0, 0.1) is 0 Å². The van der Waals surface area contributed by atoms with Crippen molar-refractivity contribution < 1.29 is 4.79 Å². The Morgan fingerprint density at radius 2 is 2.25 bits per heavy atom. The van der Waals surface area contributed by atoms with Gasteiger partial charge in [-0.3, -0.25) is 4.79 Å². The van der Waals surface area contributed by atoms with Gasteiger partial charge in [-0.2, -0.15) is 0 Å². The minimum Gasteiger partial charge on any atom is -0.358 e. The number of benzene rings is 1. The van der Waals surface area contributed by atoms with Crippen LogP contribution in [0.5, 0.6) is 0 Å². The molecule has 1 unspecified atom stereocenters. The number of carbonyl (C=O) groups is 1. The molecule has 0 radical (unpaired) electrons. The first-order chi connectivity index (χ1) is 7.54. The van der Waals surface area contributed by atoms with Gasteiger partial charge in [-0.1, -0.05) is 27.5 Å². The summed E-state index contributed by atoms with van der Waals surface area (Å²) in [6.07, 6.45) is 0. The molecule has 1 atom stereocenters. The molecule has 0 aliphatic carbocycles. The third kappa shape index (κ3) is 3.77. The second-order valence-corrected chi connectivity index (χ2v) is 4.78. The molecular formula is C11H14BrClN2O. The summed E-state index contributed by atoms with van der Waals surface area (Å²) in [6, 6.07) is 5.41. The van der Waals surface area contributed by atoms with Crippen LogP contribution < -0.4 is 10.6 Å². The van der Waals surface area contributed by atoms with E-state index < -0.39 is 0 Å². The second-order valence-electron chi connectivity index (χ2n) is 3.45. The van der Waals surface area contributed by atoms with E-state index in [1.165, 1.54) is 0 Å². The number of nitrogens with one attached hydrogen (secondary N) is 2. The topological polar surface area (TPSA) is 41.1 Å². The molecule has 0 bridgehead atoms. The van der Waals surface area contributed by atoms with Crippen molar-refractivity contribution in [3.8, 4) is 0 Å². The van der Waals surface area contributed by atoms with Crippen LogP contribution in [0.3, 0.4) is 0 Å². The average molecular weight is 306 g/mol. The minimum absolute atomic E-state index is 0.0360. The Balaban J connectivity index is 2.60. The van der Waals surface area contributed by atoms with Crippen LogP contribution in [0.25, 0.3) is 0 Å². The summed E-state index contributed by atoms with van der Waals surface area (Å²) in [5.41, 5.74) is 0.965. The highest BCUT2D eigenvalue weighted by Gasteiger charge is 2.10. The van der Waals surface area contributed by atoms with E-state index in [1.54, 1.807) is 7.05 Å². The molecule has 0 aliphatic rings. The Bertz CT molecular complexity index is 384. The number of amides is 1. The fraction of sp³-hybridized carbons (Fsp3) is 0.364. The lowest BCUT2D eigenvalue weighted by Crippen LogP contribution is -2.40. The van der Waals surface area contributed by atoms with Crippen molar-refractivity contribution in [2.24, 2.45) is 0 Å². The molecular weight excluding hydrogens is 291 g/mol. The number of halogens is 2. The summed E-state index contributed by atoms with van der Waals surface area (Å²) < 4.78 is 0.973. The van der Waals surface area contributed by atoms with Gasteiger partial charge in [-0.15, -0.1) is 0 Å². The van der Waals surface area contributed by atoms with Gasteiger partial charge in [0.25, 0.3) is 0 Å². The van der Waals surface area contributed by atoms with Crippen LogP contribution in [0.1, 0.15) is 12.5 Å². The lowest BCUT2D eigenvalue weighted by Gasteiger charge is -2.13. The zero-order valence-corrected chi connectivity index (χ0v) is 11.5. The molecule has 1 aromatic rings. The minimum atomic E-state index is -0.236. The Kier molecular flexibility index (Phi) is 5.25. The molecule has 0 fully saturated rings. The highest BCUT2D eigenvalue weighted by atomic mass is 79.9. The lowest BCUT2D eigenvalue weighted by molar-refractivity contribution is -0.122. The normalized spacial score (nSPS) is 12.2. The molecule has 0 aromatic heterocycles. The first-order valence-electron chi connectivity index (χ1n) is 4.93. The van der Waals surface area contributed by atoms with Crippen LogP contribution in [0.4, 0.5) is 0 Å². The van der Waals surface area contributed by atoms with E-state index >= 15 is 0 Å². The second kappa shape index (κ2) is 6.23. The van der Waals surface area contributed by atoms with Crippen LogP contribution in [-0.4, -0.2) is 19.0 Å². The number of hydrogen-bond donors (Lipinski definition) is 2. The van der Waals surface area contributed by atoms with Crippen molar-refractivity contribution in [1.82, 2.24) is 10.6 Å². The van der Waals surface area contributed by atoms with E-state index in [1.807, 2.05) is 25.1 Å². The fourth-order valence-electron chi connectivity index (χ4n) is 1.25. The fourth-order valence-corrected chi connectivity index (χ4v) is 1.84. The Labute approximate surface area is 109 Å². The van der Waals surface area contributed by atoms with Gasteiger partial charge in [0, 0.05) is 23.1 Å². The van der Waals surface area contributed by atoms with E-state index in [-0.39, 0.29) is 11.9 Å². The van der Waals surface area contributed by atoms with Crippen molar-refractivity contribution in [3.63, 3.8) is 0 Å². The van der Waals surface area contributed by atoms with E-state index in [2.05, 4.69) is 26.6 Å². The average Bonchev–Trinajstić information content (AvgIpc) is 2.28. The van der Waals surface area contributed by atoms with Gasteiger partial charge in [0.15, 0.2) is 0 Å². The van der Waals surface area contributed by atoms with Gasteiger partial charge in [0.1, 0.15) is 0 Å². The van der Waals surface area contributed by atoms with E-state index in [9.17, 15) is 4.79 Å². The van der Waals surface area contributed by atoms with Crippen molar-refractivity contribution in [3.05, 3.63) is 33.3 Å². The predicted molar refractivity (Wildman–Crippen MR) is 69.5 cm³/mol. The number of likely N-dealkylation sites (N-methyl/N-ethyl adjacent to an activating group) is 1. The summed E-state index contributed by atoms with van der Waals surface area (Å²) in [4.78, 5) is 11.3. The van der Waals surface area contributed by atoms with Crippen molar-refractivity contribution in [2.45, 2.75) is 19.5 Å². The molecule has 0 saturated heterocycles. The molecule has 3 nitrogen and oxygen atoms in total. The van der Waals surface area contributed by atoms with Crippen molar-refractivity contribution >= 4 is 33.4 Å². The molecule has 88 valence electrons. The molecule has 1 amide bonds. The van der Waals surface area contributed by atoms with Crippen LogP contribution >= 0.6 is 27.5 Å². The van der Waals surface area contributed by atoms with Gasteiger partial charge in [-0.25, -0.2) is 0 Å². The summed E-state index contributed by atoms with van der Waals surface area (Å²) in [5.74, 6) is -0.0360. The summed E-state index contributed by atoms with van der Waals surface area (Å²) in [6.45, 7) is 2.37. The molecule has 16 heavy (non-hydrogen) atoms. The SMILES string of the molecule is CNC(=O)C(C)NCc1cc(Br)ccc1Cl. The Morgan fingerprint density at radius 1 is 1.56 bits per heavy atom. The summed E-state index contributed by atoms with van der Waals surface area (Å²) in [7, 11) is 1.62. The standard InChI is InChI=1S/C11H14BrClN2O/c1-7(11(16)14-2)15-6-8-5-9(12)3-4-10(8)13/h3-5,7,15H,6H2,1-2H3,(H,14,16).